The van der Waals surface area contributed by atoms with Gasteiger partial charge in [-0.25, -0.2) is 0 Å². The number of rotatable bonds is 4. The zero-order valence-corrected chi connectivity index (χ0v) is 11.1. The molecule has 19 heavy (non-hydrogen) atoms. The van der Waals surface area contributed by atoms with Crippen molar-refractivity contribution in [3.05, 3.63) is 56.3 Å². The van der Waals surface area contributed by atoms with Crippen molar-refractivity contribution in [2.24, 2.45) is 0 Å². The van der Waals surface area contributed by atoms with Crippen LogP contribution < -0.4 is 5.32 Å². The van der Waals surface area contributed by atoms with Crippen molar-refractivity contribution in [3.63, 3.8) is 0 Å². The average Bonchev–Trinajstić information content (AvgIpc) is 2.92. The number of nitrogens with one attached hydrogen (secondary N) is 1. The van der Waals surface area contributed by atoms with Crippen molar-refractivity contribution in [1.82, 2.24) is 0 Å². The van der Waals surface area contributed by atoms with E-state index >= 15 is 0 Å². The zero-order valence-electron chi connectivity index (χ0n) is 10.3. The third-order valence-electron chi connectivity index (χ3n) is 2.67. The van der Waals surface area contributed by atoms with E-state index in [0.717, 1.165) is 0 Å². The van der Waals surface area contributed by atoms with Crippen molar-refractivity contribution in [2.75, 3.05) is 5.32 Å². The van der Waals surface area contributed by atoms with Gasteiger partial charge < -0.3 is 5.32 Å². The van der Waals surface area contributed by atoms with Gasteiger partial charge >= 0.3 is 0 Å². The number of carbonyl (C=O) groups excluding carboxylic acids is 1. The van der Waals surface area contributed by atoms with Gasteiger partial charge in [0, 0.05) is 17.3 Å². The van der Waals surface area contributed by atoms with Crippen molar-refractivity contribution in [1.29, 1.82) is 0 Å². The highest BCUT2D eigenvalue weighted by atomic mass is 32.1. The van der Waals surface area contributed by atoms with Gasteiger partial charge in [0.05, 0.1) is 9.80 Å². The minimum atomic E-state index is -0.431. The highest BCUT2D eigenvalue weighted by molar-refractivity contribution is 7.12. The number of aryl methyl sites for hydroxylation is 1. The summed E-state index contributed by atoms with van der Waals surface area (Å²) >= 11 is 1.32. The fourth-order valence-electron chi connectivity index (χ4n) is 1.71. The number of nitrogens with zero attached hydrogens (tertiary/aromatic N) is 1. The lowest BCUT2D eigenvalue weighted by atomic mass is 10.1. The van der Waals surface area contributed by atoms with E-state index in [9.17, 15) is 14.9 Å². The summed E-state index contributed by atoms with van der Waals surface area (Å²) < 4.78 is 0. The lowest BCUT2D eigenvalue weighted by molar-refractivity contribution is -0.385. The van der Waals surface area contributed by atoms with E-state index in [1.165, 1.54) is 17.4 Å². The maximum atomic E-state index is 11.8. The lowest BCUT2D eigenvalue weighted by Gasteiger charge is -2.05. The summed E-state index contributed by atoms with van der Waals surface area (Å²) in [7, 11) is 0. The molecule has 0 unspecified atom stereocenters. The van der Waals surface area contributed by atoms with Crippen LogP contribution in [0.3, 0.4) is 0 Å². The predicted molar refractivity (Wildman–Crippen MR) is 74.7 cm³/mol. The van der Waals surface area contributed by atoms with Crippen LogP contribution in [0.1, 0.15) is 22.2 Å². The quantitative estimate of drug-likeness (QED) is 0.686. The Balaban J connectivity index is 2.24. The van der Waals surface area contributed by atoms with Gasteiger partial charge in [-0.05, 0) is 23.9 Å². The molecule has 0 aliphatic rings. The summed E-state index contributed by atoms with van der Waals surface area (Å²) in [5, 5.41) is 15.4. The number of carbonyl (C=O) groups is 1. The molecule has 1 heterocycles. The molecule has 6 heteroatoms. The molecule has 0 atom stereocenters. The van der Waals surface area contributed by atoms with Gasteiger partial charge in [-0.15, -0.1) is 11.3 Å². The van der Waals surface area contributed by atoms with Crippen LogP contribution in [-0.4, -0.2) is 10.8 Å². The number of benzene rings is 1. The average molecular weight is 276 g/mol. The summed E-state index contributed by atoms with van der Waals surface area (Å²) in [6.45, 7) is 1.85. The van der Waals surface area contributed by atoms with Gasteiger partial charge in [-0.2, -0.15) is 0 Å². The van der Waals surface area contributed by atoms with E-state index in [2.05, 4.69) is 5.32 Å². The van der Waals surface area contributed by atoms with E-state index in [1.54, 1.807) is 29.6 Å². The molecule has 98 valence electrons. The maximum Gasteiger partial charge on any atom is 0.274 e. The van der Waals surface area contributed by atoms with Crippen LogP contribution in [0.4, 0.5) is 11.4 Å². The summed E-state index contributed by atoms with van der Waals surface area (Å²) in [5.74, 6) is -0.256. The standard InChI is InChI=1S/C13H12N2O3S/c1-2-9-5-6-10(8-11(9)15(17)18)14-13(16)12-4-3-7-19-12/h3-8H,2H2,1H3,(H,14,16). The van der Waals surface area contributed by atoms with Crippen LogP contribution >= 0.6 is 11.3 Å². The number of hydrogen-bond acceptors (Lipinski definition) is 4. The van der Waals surface area contributed by atoms with E-state index in [1.807, 2.05) is 6.92 Å². The van der Waals surface area contributed by atoms with Gasteiger partial charge in [0.2, 0.25) is 0 Å². The van der Waals surface area contributed by atoms with Crippen LogP contribution in [0.15, 0.2) is 35.7 Å². The van der Waals surface area contributed by atoms with Crippen molar-refractivity contribution in [2.45, 2.75) is 13.3 Å². The fraction of sp³-hybridized carbons (Fsp3) is 0.154. The lowest BCUT2D eigenvalue weighted by Crippen LogP contribution is -2.10. The van der Waals surface area contributed by atoms with Crippen LogP contribution in [-0.2, 0) is 6.42 Å². The Morgan fingerprint density at radius 2 is 2.21 bits per heavy atom. The van der Waals surface area contributed by atoms with Crippen LogP contribution in [0.2, 0.25) is 0 Å². The molecule has 0 radical (unpaired) electrons. The minimum absolute atomic E-state index is 0.0338. The fourth-order valence-corrected chi connectivity index (χ4v) is 2.33. The number of anilines is 1. The SMILES string of the molecule is CCc1ccc(NC(=O)c2cccs2)cc1[N+](=O)[O-]. The Hall–Kier alpha value is -2.21. The number of nitro groups is 1. The minimum Gasteiger partial charge on any atom is -0.321 e. The zero-order chi connectivity index (χ0) is 13.8. The number of thiophene rings is 1. The first-order chi connectivity index (χ1) is 9.11. The van der Waals surface area contributed by atoms with Crippen molar-refractivity contribution >= 4 is 28.6 Å². The van der Waals surface area contributed by atoms with E-state index < -0.39 is 4.92 Å². The molecular weight excluding hydrogens is 264 g/mol. The van der Waals surface area contributed by atoms with Gasteiger partial charge in [0.25, 0.3) is 11.6 Å². The van der Waals surface area contributed by atoms with Crippen molar-refractivity contribution in [3.8, 4) is 0 Å². The van der Waals surface area contributed by atoms with E-state index in [4.69, 9.17) is 0 Å². The van der Waals surface area contributed by atoms with Gasteiger partial charge in [-0.1, -0.05) is 19.1 Å². The smallest absolute Gasteiger partial charge is 0.274 e. The second kappa shape index (κ2) is 5.62. The molecule has 0 aliphatic carbocycles. The second-order valence-electron chi connectivity index (χ2n) is 3.89. The Bertz CT molecular complexity index is 608. The predicted octanol–water partition coefficient (Wildman–Crippen LogP) is 3.47. The first-order valence-electron chi connectivity index (χ1n) is 5.74. The molecule has 1 aromatic carbocycles. The maximum absolute atomic E-state index is 11.8. The molecule has 0 spiro atoms. The van der Waals surface area contributed by atoms with E-state index in [0.29, 0.717) is 22.5 Å². The Kier molecular flexibility index (Phi) is 3.91. The molecule has 0 bridgehead atoms. The summed E-state index contributed by atoms with van der Waals surface area (Å²) in [6, 6.07) is 8.22. The van der Waals surface area contributed by atoms with Crippen LogP contribution in [0.25, 0.3) is 0 Å². The molecule has 5 nitrogen and oxygen atoms in total. The Morgan fingerprint density at radius 3 is 2.79 bits per heavy atom. The number of hydrogen-bond donors (Lipinski definition) is 1. The monoisotopic (exact) mass is 276 g/mol. The van der Waals surface area contributed by atoms with Crippen molar-refractivity contribution < 1.29 is 9.72 Å². The van der Waals surface area contributed by atoms with Gasteiger partial charge in [0.1, 0.15) is 0 Å². The Labute approximate surface area is 114 Å². The molecule has 0 aliphatic heterocycles. The summed E-state index contributed by atoms with van der Waals surface area (Å²) in [4.78, 5) is 22.9. The second-order valence-corrected chi connectivity index (χ2v) is 4.83. The molecule has 1 amide bonds. The molecule has 1 aromatic heterocycles. The normalized spacial score (nSPS) is 10.2. The Morgan fingerprint density at radius 1 is 1.42 bits per heavy atom. The van der Waals surface area contributed by atoms with Crippen LogP contribution in [0, 0.1) is 10.1 Å². The third-order valence-corrected chi connectivity index (χ3v) is 3.53. The van der Waals surface area contributed by atoms with E-state index in [-0.39, 0.29) is 11.6 Å². The van der Waals surface area contributed by atoms with Gasteiger partial charge in [-0.3, -0.25) is 14.9 Å². The topological polar surface area (TPSA) is 72.2 Å². The highest BCUT2D eigenvalue weighted by Gasteiger charge is 2.14. The highest BCUT2D eigenvalue weighted by Crippen LogP contribution is 2.24. The van der Waals surface area contributed by atoms with Gasteiger partial charge in [0.15, 0.2) is 0 Å². The first-order valence-corrected chi connectivity index (χ1v) is 6.62. The number of amides is 1. The van der Waals surface area contributed by atoms with Crippen LogP contribution in [0.5, 0.6) is 0 Å². The molecule has 0 saturated heterocycles. The molecule has 0 fully saturated rings. The summed E-state index contributed by atoms with van der Waals surface area (Å²) in [6.07, 6.45) is 0.579. The largest absolute Gasteiger partial charge is 0.321 e. The molecular formula is C13H12N2O3S. The molecule has 2 aromatic rings. The third kappa shape index (κ3) is 2.97. The first kappa shape index (κ1) is 13.2. The molecule has 2 rings (SSSR count). The molecule has 0 saturated carbocycles. The number of nitro benzene ring substituents is 1. The molecule has 1 N–H and O–H groups in total. The summed E-state index contributed by atoms with van der Waals surface area (Å²) in [5.41, 5.74) is 1.12.